The second kappa shape index (κ2) is 8.05. The Morgan fingerprint density at radius 2 is 2.40 bits per heavy atom. The largest absolute Gasteiger partial charge is 0.379 e. The van der Waals surface area contributed by atoms with Crippen LogP contribution in [-0.4, -0.2) is 57.0 Å². The van der Waals surface area contributed by atoms with E-state index in [0.29, 0.717) is 13.2 Å². The Kier molecular flexibility index (Phi) is 6.92. The molecule has 1 aliphatic heterocycles. The maximum Gasteiger partial charge on any atom is 0.0935 e. The van der Waals surface area contributed by atoms with Crippen LogP contribution in [0.5, 0.6) is 0 Å². The predicted molar refractivity (Wildman–Crippen MR) is 61.0 cm³/mol. The first-order valence-corrected chi connectivity index (χ1v) is 5.98. The highest BCUT2D eigenvalue weighted by Crippen LogP contribution is 2.06. The zero-order valence-corrected chi connectivity index (χ0v) is 9.78. The molecule has 0 unspecified atom stereocenters. The van der Waals surface area contributed by atoms with E-state index < -0.39 is 0 Å². The number of nitrogens with two attached hydrogens (primary N) is 1. The van der Waals surface area contributed by atoms with Gasteiger partial charge in [0.1, 0.15) is 0 Å². The van der Waals surface area contributed by atoms with Crippen molar-refractivity contribution in [2.75, 3.05) is 46.0 Å². The molecular formula is C11H24N2O2. The van der Waals surface area contributed by atoms with E-state index in [0.717, 1.165) is 32.7 Å². The molecule has 0 radical (unpaired) electrons. The third-order valence-corrected chi connectivity index (χ3v) is 2.56. The number of morpholine rings is 1. The van der Waals surface area contributed by atoms with Gasteiger partial charge in [0.25, 0.3) is 0 Å². The highest BCUT2D eigenvalue weighted by Gasteiger charge is 2.19. The SMILES string of the molecule is CCCN1CCO[C@H](COCCCN)C1. The van der Waals surface area contributed by atoms with E-state index in [1.807, 2.05) is 0 Å². The van der Waals surface area contributed by atoms with E-state index >= 15 is 0 Å². The molecule has 4 heteroatoms. The average molecular weight is 216 g/mol. The second-order valence-corrected chi connectivity index (χ2v) is 4.01. The smallest absolute Gasteiger partial charge is 0.0935 e. The molecule has 0 aromatic carbocycles. The summed E-state index contributed by atoms with van der Waals surface area (Å²) in [6.07, 6.45) is 2.40. The minimum absolute atomic E-state index is 0.253. The standard InChI is InChI=1S/C11H24N2O2/c1-2-5-13-6-8-15-11(9-13)10-14-7-3-4-12/h11H,2-10,12H2,1H3/t11-/m0/s1. The van der Waals surface area contributed by atoms with Gasteiger partial charge in [0.05, 0.1) is 19.3 Å². The summed E-state index contributed by atoms with van der Waals surface area (Å²) in [5.41, 5.74) is 5.39. The van der Waals surface area contributed by atoms with Crippen LogP contribution in [0.1, 0.15) is 19.8 Å². The predicted octanol–water partition coefficient (Wildman–Crippen LogP) is 0.463. The number of nitrogens with zero attached hydrogens (tertiary/aromatic N) is 1. The zero-order chi connectivity index (χ0) is 10.9. The van der Waals surface area contributed by atoms with Crippen molar-refractivity contribution in [1.29, 1.82) is 0 Å². The Hall–Kier alpha value is -0.160. The van der Waals surface area contributed by atoms with Gasteiger partial charge in [-0.05, 0) is 25.9 Å². The van der Waals surface area contributed by atoms with E-state index in [4.69, 9.17) is 15.2 Å². The molecule has 0 aromatic rings. The second-order valence-electron chi connectivity index (χ2n) is 4.01. The van der Waals surface area contributed by atoms with Crippen LogP contribution in [0.4, 0.5) is 0 Å². The third-order valence-electron chi connectivity index (χ3n) is 2.56. The molecule has 1 rings (SSSR count). The molecule has 1 fully saturated rings. The molecular weight excluding hydrogens is 192 g/mol. The summed E-state index contributed by atoms with van der Waals surface area (Å²) in [6.45, 7) is 8.46. The first kappa shape index (κ1) is 12.9. The lowest BCUT2D eigenvalue weighted by molar-refractivity contribution is -0.0689. The van der Waals surface area contributed by atoms with E-state index in [1.54, 1.807) is 0 Å². The molecule has 1 heterocycles. The lowest BCUT2D eigenvalue weighted by Crippen LogP contribution is -2.44. The molecule has 1 atom stereocenters. The van der Waals surface area contributed by atoms with Crippen molar-refractivity contribution in [3.05, 3.63) is 0 Å². The quantitative estimate of drug-likeness (QED) is 0.628. The average Bonchev–Trinajstić information content (AvgIpc) is 2.26. The molecule has 4 nitrogen and oxygen atoms in total. The summed E-state index contributed by atoms with van der Waals surface area (Å²) < 4.78 is 11.1. The van der Waals surface area contributed by atoms with Gasteiger partial charge in [-0.2, -0.15) is 0 Å². The van der Waals surface area contributed by atoms with Gasteiger partial charge in [0, 0.05) is 19.7 Å². The number of hydrogen-bond acceptors (Lipinski definition) is 4. The van der Waals surface area contributed by atoms with Gasteiger partial charge in [-0.15, -0.1) is 0 Å². The van der Waals surface area contributed by atoms with Crippen molar-refractivity contribution >= 4 is 0 Å². The van der Waals surface area contributed by atoms with Crippen LogP contribution in [0.25, 0.3) is 0 Å². The van der Waals surface area contributed by atoms with Gasteiger partial charge in [-0.25, -0.2) is 0 Å². The van der Waals surface area contributed by atoms with Crippen LogP contribution >= 0.6 is 0 Å². The Bertz CT molecular complexity index is 154. The van der Waals surface area contributed by atoms with Gasteiger partial charge in [0.2, 0.25) is 0 Å². The summed E-state index contributed by atoms with van der Waals surface area (Å²) >= 11 is 0. The van der Waals surface area contributed by atoms with Gasteiger partial charge in [-0.3, -0.25) is 4.90 Å². The van der Waals surface area contributed by atoms with Gasteiger partial charge in [0.15, 0.2) is 0 Å². The Balaban J connectivity index is 2.07. The molecule has 0 bridgehead atoms. The van der Waals surface area contributed by atoms with Crippen LogP contribution in [0.3, 0.4) is 0 Å². The van der Waals surface area contributed by atoms with Gasteiger partial charge < -0.3 is 15.2 Å². The minimum atomic E-state index is 0.253. The molecule has 15 heavy (non-hydrogen) atoms. The third kappa shape index (κ3) is 5.47. The van der Waals surface area contributed by atoms with Crippen LogP contribution < -0.4 is 5.73 Å². The molecule has 90 valence electrons. The Labute approximate surface area is 92.7 Å². The van der Waals surface area contributed by atoms with Crippen LogP contribution in [0, 0.1) is 0 Å². The summed E-state index contributed by atoms with van der Waals surface area (Å²) in [5, 5.41) is 0. The van der Waals surface area contributed by atoms with Crippen LogP contribution in [0.2, 0.25) is 0 Å². The van der Waals surface area contributed by atoms with E-state index in [2.05, 4.69) is 11.8 Å². The minimum Gasteiger partial charge on any atom is -0.379 e. The first-order valence-electron chi connectivity index (χ1n) is 5.98. The zero-order valence-electron chi connectivity index (χ0n) is 9.78. The molecule has 0 aromatic heterocycles. The number of rotatable bonds is 7. The first-order chi connectivity index (χ1) is 7.36. The topological polar surface area (TPSA) is 47.7 Å². The van der Waals surface area contributed by atoms with Crippen LogP contribution in [0.15, 0.2) is 0 Å². The summed E-state index contributed by atoms with van der Waals surface area (Å²) in [4.78, 5) is 2.44. The number of hydrogen-bond donors (Lipinski definition) is 1. The fourth-order valence-corrected chi connectivity index (χ4v) is 1.80. The van der Waals surface area contributed by atoms with E-state index in [1.165, 1.54) is 13.0 Å². The van der Waals surface area contributed by atoms with E-state index in [-0.39, 0.29) is 6.10 Å². The molecule has 2 N–H and O–H groups in total. The van der Waals surface area contributed by atoms with Crippen molar-refractivity contribution in [2.24, 2.45) is 5.73 Å². The Morgan fingerprint density at radius 3 is 3.13 bits per heavy atom. The fourth-order valence-electron chi connectivity index (χ4n) is 1.80. The van der Waals surface area contributed by atoms with Crippen molar-refractivity contribution < 1.29 is 9.47 Å². The molecule has 1 saturated heterocycles. The van der Waals surface area contributed by atoms with Crippen molar-refractivity contribution in [3.63, 3.8) is 0 Å². The highest BCUT2D eigenvalue weighted by molar-refractivity contribution is 4.70. The lowest BCUT2D eigenvalue weighted by Gasteiger charge is -2.32. The van der Waals surface area contributed by atoms with E-state index in [9.17, 15) is 0 Å². The normalized spacial score (nSPS) is 23.2. The molecule has 0 spiro atoms. The van der Waals surface area contributed by atoms with Gasteiger partial charge >= 0.3 is 0 Å². The van der Waals surface area contributed by atoms with Crippen molar-refractivity contribution in [3.8, 4) is 0 Å². The fraction of sp³-hybridized carbons (Fsp3) is 1.00. The number of ether oxygens (including phenoxy) is 2. The molecule has 0 aliphatic carbocycles. The summed E-state index contributed by atoms with van der Waals surface area (Å²) in [6, 6.07) is 0. The molecule has 0 saturated carbocycles. The van der Waals surface area contributed by atoms with Gasteiger partial charge in [-0.1, -0.05) is 6.92 Å². The Morgan fingerprint density at radius 1 is 1.53 bits per heavy atom. The molecule has 0 amide bonds. The lowest BCUT2D eigenvalue weighted by atomic mass is 10.2. The van der Waals surface area contributed by atoms with Crippen molar-refractivity contribution in [1.82, 2.24) is 4.90 Å². The van der Waals surface area contributed by atoms with Crippen LogP contribution in [-0.2, 0) is 9.47 Å². The highest BCUT2D eigenvalue weighted by atomic mass is 16.5. The summed E-state index contributed by atoms with van der Waals surface area (Å²) in [5.74, 6) is 0. The molecule has 1 aliphatic rings. The maximum absolute atomic E-state index is 5.64. The van der Waals surface area contributed by atoms with Crippen molar-refractivity contribution in [2.45, 2.75) is 25.9 Å². The summed E-state index contributed by atoms with van der Waals surface area (Å²) in [7, 11) is 0. The monoisotopic (exact) mass is 216 g/mol. The maximum atomic E-state index is 5.64.